The molecule has 0 fully saturated rings. The summed E-state index contributed by atoms with van der Waals surface area (Å²) in [5, 5.41) is 13.0. The van der Waals surface area contributed by atoms with Crippen molar-refractivity contribution < 1.29 is 14.3 Å². The van der Waals surface area contributed by atoms with Crippen LogP contribution in [0.1, 0.15) is 21.9 Å². The van der Waals surface area contributed by atoms with E-state index in [2.05, 4.69) is 5.10 Å². The largest absolute Gasteiger partial charge is 0.478 e. The number of rotatable bonds is 2. The molecule has 84 valence electrons. The molecule has 2 heterocycles. The SMILES string of the molecule is Cc1cc(-c2c(C(=O)O)cnn2C)c(C)o1. The van der Waals surface area contributed by atoms with Crippen LogP contribution in [0.2, 0.25) is 0 Å². The minimum Gasteiger partial charge on any atom is -0.478 e. The van der Waals surface area contributed by atoms with Gasteiger partial charge in [-0.25, -0.2) is 4.79 Å². The molecule has 0 aliphatic heterocycles. The topological polar surface area (TPSA) is 68.3 Å². The fraction of sp³-hybridized carbons (Fsp3) is 0.273. The summed E-state index contributed by atoms with van der Waals surface area (Å²) in [5.74, 6) is 0.468. The Bertz CT molecular complexity index is 552. The smallest absolute Gasteiger partial charge is 0.339 e. The molecule has 1 N–H and O–H groups in total. The van der Waals surface area contributed by atoms with Gasteiger partial charge < -0.3 is 9.52 Å². The molecule has 0 bridgehead atoms. The fourth-order valence-corrected chi connectivity index (χ4v) is 1.78. The van der Waals surface area contributed by atoms with Crippen molar-refractivity contribution in [2.24, 2.45) is 7.05 Å². The molecule has 0 aromatic carbocycles. The molecule has 5 nitrogen and oxygen atoms in total. The van der Waals surface area contributed by atoms with Crippen molar-refractivity contribution in [2.45, 2.75) is 13.8 Å². The van der Waals surface area contributed by atoms with E-state index in [1.54, 1.807) is 18.7 Å². The van der Waals surface area contributed by atoms with E-state index >= 15 is 0 Å². The second kappa shape index (κ2) is 3.52. The quantitative estimate of drug-likeness (QED) is 0.840. The molecule has 0 spiro atoms. The van der Waals surface area contributed by atoms with Gasteiger partial charge in [0.2, 0.25) is 0 Å². The molecule has 0 radical (unpaired) electrons. The lowest BCUT2D eigenvalue weighted by molar-refractivity contribution is 0.0697. The highest BCUT2D eigenvalue weighted by Crippen LogP contribution is 2.28. The second-order valence-electron chi connectivity index (χ2n) is 3.66. The van der Waals surface area contributed by atoms with Crippen molar-refractivity contribution in [1.82, 2.24) is 9.78 Å². The second-order valence-corrected chi connectivity index (χ2v) is 3.66. The highest BCUT2D eigenvalue weighted by atomic mass is 16.4. The number of nitrogens with zero attached hydrogens (tertiary/aromatic N) is 2. The first-order chi connectivity index (χ1) is 7.50. The van der Waals surface area contributed by atoms with E-state index < -0.39 is 5.97 Å². The number of aromatic carboxylic acids is 1. The number of carboxylic acids is 1. The number of carbonyl (C=O) groups is 1. The number of hydrogen-bond acceptors (Lipinski definition) is 3. The molecular formula is C11H12N2O3. The van der Waals surface area contributed by atoms with Crippen molar-refractivity contribution in [3.8, 4) is 11.3 Å². The summed E-state index contributed by atoms with van der Waals surface area (Å²) in [6, 6.07) is 1.82. The Hall–Kier alpha value is -2.04. The molecule has 5 heteroatoms. The number of furan rings is 1. The number of aromatic nitrogens is 2. The van der Waals surface area contributed by atoms with E-state index in [1.807, 2.05) is 13.0 Å². The van der Waals surface area contributed by atoms with Crippen LogP contribution < -0.4 is 0 Å². The monoisotopic (exact) mass is 220 g/mol. The zero-order valence-electron chi connectivity index (χ0n) is 9.31. The predicted octanol–water partition coefficient (Wildman–Crippen LogP) is 2.00. The van der Waals surface area contributed by atoms with E-state index in [1.165, 1.54) is 6.20 Å². The summed E-state index contributed by atoms with van der Waals surface area (Å²) < 4.78 is 6.94. The van der Waals surface area contributed by atoms with Crippen LogP contribution in [-0.4, -0.2) is 20.9 Å². The summed E-state index contributed by atoms with van der Waals surface area (Å²) in [6.45, 7) is 3.63. The number of carboxylic acid groups (broad SMARTS) is 1. The molecule has 2 aromatic rings. The Kier molecular flexibility index (Phi) is 2.30. The van der Waals surface area contributed by atoms with Gasteiger partial charge in [0.25, 0.3) is 0 Å². The molecular weight excluding hydrogens is 208 g/mol. The summed E-state index contributed by atoms with van der Waals surface area (Å²) in [5.41, 5.74) is 1.53. The van der Waals surface area contributed by atoms with Gasteiger partial charge in [0.15, 0.2) is 0 Å². The maximum absolute atomic E-state index is 11.0. The van der Waals surface area contributed by atoms with Crippen LogP contribution in [0.4, 0.5) is 0 Å². The van der Waals surface area contributed by atoms with Crippen LogP contribution >= 0.6 is 0 Å². The van der Waals surface area contributed by atoms with Gasteiger partial charge in [0, 0.05) is 12.6 Å². The lowest BCUT2D eigenvalue weighted by Gasteiger charge is -2.01. The molecule has 0 unspecified atom stereocenters. The lowest BCUT2D eigenvalue weighted by Crippen LogP contribution is -2.00. The Balaban J connectivity index is 2.67. The maximum atomic E-state index is 11.0. The first kappa shape index (κ1) is 10.5. The molecule has 0 aliphatic rings. The first-order valence-corrected chi connectivity index (χ1v) is 4.83. The summed E-state index contributed by atoms with van der Waals surface area (Å²) in [6.07, 6.45) is 1.35. The lowest BCUT2D eigenvalue weighted by atomic mass is 10.1. The van der Waals surface area contributed by atoms with Crippen molar-refractivity contribution in [3.05, 3.63) is 29.3 Å². The minimum atomic E-state index is -0.985. The normalized spacial score (nSPS) is 10.7. The number of aryl methyl sites for hydroxylation is 3. The Morgan fingerprint density at radius 2 is 2.19 bits per heavy atom. The highest BCUT2D eigenvalue weighted by Gasteiger charge is 2.20. The van der Waals surface area contributed by atoms with Gasteiger partial charge in [-0.15, -0.1) is 0 Å². The summed E-state index contributed by atoms with van der Waals surface area (Å²) in [7, 11) is 1.71. The average molecular weight is 220 g/mol. The molecule has 2 aromatic heterocycles. The molecule has 0 saturated heterocycles. The van der Waals surface area contributed by atoms with Gasteiger partial charge in [-0.3, -0.25) is 4.68 Å². The van der Waals surface area contributed by atoms with Crippen LogP contribution in [-0.2, 0) is 7.05 Å². The third-order valence-electron chi connectivity index (χ3n) is 2.47. The number of hydrogen-bond donors (Lipinski definition) is 1. The standard InChI is InChI=1S/C11H12N2O3/c1-6-4-8(7(2)16-6)10-9(11(14)15)5-12-13(10)3/h4-5H,1-3H3,(H,14,15). The van der Waals surface area contributed by atoms with E-state index in [0.29, 0.717) is 11.5 Å². The van der Waals surface area contributed by atoms with E-state index in [4.69, 9.17) is 9.52 Å². The van der Waals surface area contributed by atoms with Gasteiger partial charge in [-0.2, -0.15) is 5.10 Å². The molecule has 2 rings (SSSR count). The van der Waals surface area contributed by atoms with Gasteiger partial charge >= 0.3 is 5.97 Å². The van der Waals surface area contributed by atoms with E-state index in [-0.39, 0.29) is 5.56 Å². The first-order valence-electron chi connectivity index (χ1n) is 4.83. The highest BCUT2D eigenvalue weighted by molar-refractivity contribution is 5.95. The van der Waals surface area contributed by atoms with Crippen molar-refractivity contribution in [3.63, 3.8) is 0 Å². The van der Waals surface area contributed by atoms with Crippen LogP contribution in [0.15, 0.2) is 16.7 Å². The average Bonchev–Trinajstić information content (AvgIpc) is 2.69. The Labute approximate surface area is 92.3 Å². The summed E-state index contributed by atoms with van der Waals surface area (Å²) >= 11 is 0. The molecule has 0 amide bonds. The van der Waals surface area contributed by atoms with Crippen LogP contribution in [0.25, 0.3) is 11.3 Å². The summed E-state index contributed by atoms with van der Waals surface area (Å²) in [4.78, 5) is 11.0. The van der Waals surface area contributed by atoms with E-state index in [9.17, 15) is 4.79 Å². The van der Waals surface area contributed by atoms with Gasteiger partial charge in [0.05, 0.1) is 11.9 Å². The van der Waals surface area contributed by atoms with Gasteiger partial charge in [-0.05, 0) is 19.9 Å². The van der Waals surface area contributed by atoms with Gasteiger partial charge in [-0.1, -0.05) is 0 Å². The molecule has 0 aliphatic carbocycles. The van der Waals surface area contributed by atoms with Crippen molar-refractivity contribution in [2.75, 3.05) is 0 Å². The van der Waals surface area contributed by atoms with Crippen molar-refractivity contribution in [1.29, 1.82) is 0 Å². The maximum Gasteiger partial charge on any atom is 0.339 e. The van der Waals surface area contributed by atoms with Crippen LogP contribution in [0, 0.1) is 13.8 Å². The zero-order valence-corrected chi connectivity index (χ0v) is 9.31. The predicted molar refractivity (Wildman–Crippen MR) is 57.3 cm³/mol. The molecule has 16 heavy (non-hydrogen) atoms. The fourth-order valence-electron chi connectivity index (χ4n) is 1.78. The molecule has 0 atom stereocenters. The third kappa shape index (κ3) is 1.50. The van der Waals surface area contributed by atoms with Gasteiger partial charge in [0.1, 0.15) is 17.1 Å². The van der Waals surface area contributed by atoms with Crippen LogP contribution in [0.5, 0.6) is 0 Å². The Morgan fingerprint density at radius 3 is 2.69 bits per heavy atom. The van der Waals surface area contributed by atoms with E-state index in [0.717, 1.165) is 11.3 Å². The van der Waals surface area contributed by atoms with Crippen molar-refractivity contribution >= 4 is 5.97 Å². The minimum absolute atomic E-state index is 0.186. The zero-order chi connectivity index (χ0) is 11.9. The Morgan fingerprint density at radius 1 is 1.50 bits per heavy atom. The molecule has 0 saturated carbocycles. The van der Waals surface area contributed by atoms with Crippen LogP contribution in [0.3, 0.4) is 0 Å². The third-order valence-corrected chi connectivity index (χ3v) is 2.47.